The molecule has 1 amide bonds. The Balaban J connectivity index is 1.65. The number of carboxylic acids is 1. The van der Waals surface area contributed by atoms with Gasteiger partial charge in [-0.15, -0.1) is 11.3 Å². The van der Waals surface area contributed by atoms with Crippen molar-refractivity contribution in [2.24, 2.45) is 5.73 Å². The van der Waals surface area contributed by atoms with Crippen molar-refractivity contribution in [1.82, 2.24) is 9.88 Å². The minimum atomic E-state index is -1.05. The second-order valence-electron chi connectivity index (χ2n) is 6.33. The Morgan fingerprint density at radius 3 is 3.04 bits per heavy atom. The van der Waals surface area contributed by atoms with Gasteiger partial charge in [0.05, 0.1) is 12.1 Å². The van der Waals surface area contributed by atoms with Gasteiger partial charge in [-0.05, 0) is 30.5 Å². The lowest BCUT2D eigenvalue weighted by Gasteiger charge is -2.30. The molecule has 0 saturated carbocycles. The molecular weight excluding hydrogens is 389 g/mol. The molecule has 6 nitrogen and oxygen atoms in total. The first-order valence-corrected chi connectivity index (χ1v) is 10.4. The Morgan fingerprint density at radius 1 is 1.56 bits per heavy atom. The zero-order valence-corrected chi connectivity index (χ0v) is 16.4. The van der Waals surface area contributed by atoms with E-state index in [9.17, 15) is 14.0 Å². The molecule has 2 aromatic rings. The number of hydrogen-bond donors (Lipinski definition) is 2. The normalized spacial score (nSPS) is 18.1. The number of benzene rings is 1. The average molecular weight is 410 g/mol. The number of rotatable bonds is 7. The SMILES string of the molecule is Cc1c(F)cccc1C(N)[C@H]1CCC(=O)N1CCSc1nc(C(=O)O)cs1. The van der Waals surface area contributed by atoms with Crippen molar-refractivity contribution < 1.29 is 19.1 Å². The van der Waals surface area contributed by atoms with Gasteiger partial charge in [-0.1, -0.05) is 23.9 Å². The van der Waals surface area contributed by atoms with E-state index in [4.69, 9.17) is 10.8 Å². The molecule has 144 valence electrons. The van der Waals surface area contributed by atoms with Crippen LogP contribution < -0.4 is 5.73 Å². The van der Waals surface area contributed by atoms with E-state index < -0.39 is 12.0 Å². The van der Waals surface area contributed by atoms with Crippen molar-refractivity contribution in [3.05, 3.63) is 46.2 Å². The quantitative estimate of drug-likeness (QED) is 0.682. The van der Waals surface area contributed by atoms with Crippen LogP contribution in [0.5, 0.6) is 0 Å². The number of hydrogen-bond acceptors (Lipinski definition) is 6. The molecule has 3 N–H and O–H groups in total. The van der Waals surface area contributed by atoms with Gasteiger partial charge in [0.15, 0.2) is 10.0 Å². The van der Waals surface area contributed by atoms with Crippen LogP contribution in [-0.2, 0) is 4.79 Å². The topological polar surface area (TPSA) is 96.5 Å². The Hall–Kier alpha value is -1.97. The van der Waals surface area contributed by atoms with Crippen LogP contribution in [0.3, 0.4) is 0 Å². The Kier molecular flexibility index (Phi) is 6.13. The number of aromatic carboxylic acids is 1. The third-order valence-electron chi connectivity index (χ3n) is 4.72. The summed E-state index contributed by atoms with van der Waals surface area (Å²) >= 11 is 2.68. The van der Waals surface area contributed by atoms with E-state index in [1.54, 1.807) is 17.9 Å². The predicted octanol–water partition coefficient (Wildman–Crippen LogP) is 3.07. The number of aromatic nitrogens is 1. The highest BCUT2D eigenvalue weighted by Crippen LogP contribution is 2.31. The lowest BCUT2D eigenvalue weighted by Crippen LogP contribution is -2.41. The van der Waals surface area contributed by atoms with E-state index in [2.05, 4.69) is 4.98 Å². The summed E-state index contributed by atoms with van der Waals surface area (Å²) in [4.78, 5) is 29.0. The summed E-state index contributed by atoms with van der Waals surface area (Å²) in [6.45, 7) is 2.18. The van der Waals surface area contributed by atoms with Crippen molar-refractivity contribution in [1.29, 1.82) is 0 Å². The lowest BCUT2D eigenvalue weighted by molar-refractivity contribution is -0.128. The number of halogens is 1. The molecule has 0 radical (unpaired) electrons. The van der Waals surface area contributed by atoms with Crippen molar-refractivity contribution in [3.63, 3.8) is 0 Å². The molecule has 2 atom stereocenters. The minimum Gasteiger partial charge on any atom is -0.476 e. The van der Waals surface area contributed by atoms with Crippen molar-refractivity contribution in [2.45, 2.75) is 36.2 Å². The fourth-order valence-electron chi connectivity index (χ4n) is 3.27. The zero-order valence-electron chi connectivity index (χ0n) is 14.7. The van der Waals surface area contributed by atoms with E-state index >= 15 is 0 Å². The Bertz CT molecular complexity index is 858. The van der Waals surface area contributed by atoms with Gasteiger partial charge in [0.25, 0.3) is 0 Å². The number of amides is 1. The Labute approximate surface area is 164 Å². The van der Waals surface area contributed by atoms with Crippen LogP contribution in [0.1, 0.15) is 40.5 Å². The summed E-state index contributed by atoms with van der Waals surface area (Å²) in [5, 5.41) is 10.4. The van der Waals surface area contributed by atoms with Gasteiger partial charge in [0.2, 0.25) is 5.91 Å². The summed E-state index contributed by atoms with van der Waals surface area (Å²) in [5.74, 6) is -0.726. The number of carbonyl (C=O) groups is 2. The van der Waals surface area contributed by atoms with Gasteiger partial charge < -0.3 is 15.7 Å². The molecule has 1 aromatic heterocycles. The van der Waals surface area contributed by atoms with Crippen molar-refractivity contribution in [2.75, 3.05) is 12.3 Å². The zero-order chi connectivity index (χ0) is 19.6. The van der Waals surface area contributed by atoms with Crippen LogP contribution in [0.25, 0.3) is 0 Å². The summed E-state index contributed by atoms with van der Waals surface area (Å²) in [6, 6.07) is 4.22. The fourth-order valence-corrected chi connectivity index (χ4v) is 5.07. The number of nitrogens with zero attached hydrogens (tertiary/aromatic N) is 2. The highest BCUT2D eigenvalue weighted by Gasteiger charge is 2.36. The number of thioether (sulfide) groups is 1. The summed E-state index contributed by atoms with van der Waals surface area (Å²) in [7, 11) is 0. The highest BCUT2D eigenvalue weighted by molar-refractivity contribution is 8.01. The van der Waals surface area contributed by atoms with E-state index in [1.165, 1.54) is 34.5 Å². The molecule has 9 heteroatoms. The first-order chi connectivity index (χ1) is 12.9. The Morgan fingerprint density at radius 2 is 2.33 bits per heavy atom. The predicted molar refractivity (Wildman–Crippen MR) is 103 cm³/mol. The van der Waals surface area contributed by atoms with Crippen LogP contribution in [0.2, 0.25) is 0 Å². The summed E-state index contributed by atoms with van der Waals surface area (Å²) in [5.41, 5.74) is 7.67. The molecule has 0 bridgehead atoms. The van der Waals surface area contributed by atoms with Crippen LogP contribution in [0.15, 0.2) is 27.9 Å². The summed E-state index contributed by atoms with van der Waals surface area (Å²) in [6.07, 6.45) is 1.07. The molecule has 1 fully saturated rings. The first kappa shape index (κ1) is 19.8. The third-order valence-corrected chi connectivity index (χ3v) is 6.72. The average Bonchev–Trinajstić information content (AvgIpc) is 3.25. The molecular formula is C18H20FN3O3S2. The van der Waals surface area contributed by atoms with Gasteiger partial charge >= 0.3 is 5.97 Å². The minimum absolute atomic E-state index is 0.0289. The van der Waals surface area contributed by atoms with Gasteiger partial charge in [0, 0.05) is 24.1 Å². The molecule has 1 aromatic carbocycles. The van der Waals surface area contributed by atoms with Gasteiger partial charge in [-0.3, -0.25) is 4.79 Å². The van der Waals surface area contributed by atoms with Gasteiger partial charge in [-0.2, -0.15) is 0 Å². The number of carbonyl (C=O) groups excluding carboxylic acids is 1. The molecule has 1 unspecified atom stereocenters. The summed E-state index contributed by atoms with van der Waals surface area (Å²) < 4.78 is 14.5. The van der Waals surface area contributed by atoms with E-state index in [0.29, 0.717) is 35.0 Å². The van der Waals surface area contributed by atoms with E-state index in [1.807, 2.05) is 6.07 Å². The standard InChI is InChI=1S/C18H20FN3O3S2/c1-10-11(3-2-4-12(10)19)16(20)14-5-6-15(23)22(14)7-8-26-18-21-13(9-27-18)17(24)25/h2-4,9,14,16H,5-8,20H2,1H3,(H,24,25)/t14-,16?/m1/s1. The number of carboxylic acid groups (broad SMARTS) is 1. The molecule has 1 aliphatic rings. The number of likely N-dealkylation sites (tertiary alicyclic amines) is 1. The van der Waals surface area contributed by atoms with Crippen LogP contribution in [0, 0.1) is 12.7 Å². The monoisotopic (exact) mass is 409 g/mol. The molecule has 2 heterocycles. The molecule has 1 saturated heterocycles. The lowest BCUT2D eigenvalue weighted by atomic mass is 9.94. The second-order valence-corrected chi connectivity index (χ2v) is 8.53. The fraction of sp³-hybridized carbons (Fsp3) is 0.389. The molecule has 0 aliphatic carbocycles. The van der Waals surface area contributed by atoms with Crippen molar-refractivity contribution in [3.8, 4) is 0 Å². The largest absolute Gasteiger partial charge is 0.476 e. The highest BCUT2D eigenvalue weighted by atomic mass is 32.2. The second kappa shape index (κ2) is 8.37. The van der Waals surface area contributed by atoms with E-state index in [0.717, 1.165) is 5.56 Å². The van der Waals surface area contributed by atoms with Crippen molar-refractivity contribution >= 4 is 35.0 Å². The van der Waals surface area contributed by atoms with E-state index in [-0.39, 0.29) is 23.5 Å². The maximum absolute atomic E-state index is 13.9. The van der Waals surface area contributed by atoms with Gasteiger partial charge in [-0.25, -0.2) is 14.2 Å². The third kappa shape index (κ3) is 4.31. The van der Waals surface area contributed by atoms with Crippen LogP contribution >= 0.6 is 23.1 Å². The maximum Gasteiger partial charge on any atom is 0.355 e. The molecule has 3 rings (SSSR count). The molecule has 0 spiro atoms. The number of thiazole rings is 1. The number of nitrogens with two attached hydrogens (primary N) is 1. The van der Waals surface area contributed by atoms with Gasteiger partial charge in [0.1, 0.15) is 5.82 Å². The van der Waals surface area contributed by atoms with Crippen LogP contribution in [0.4, 0.5) is 4.39 Å². The molecule has 1 aliphatic heterocycles. The first-order valence-electron chi connectivity index (χ1n) is 8.50. The maximum atomic E-state index is 13.9. The molecule has 27 heavy (non-hydrogen) atoms. The van der Waals surface area contributed by atoms with Crippen LogP contribution in [-0.4, -0.2) is 45.2 Å². The smallest absolute Gasteiger partial charge is 0.355 e.